The maximum Gasteiger partial charge on any atom is 0.292 e. The molecule has 4 heterocycles. The van der Waals surface area contributed by atoms with Crippen molar-refractivity contribution < 1.29 is 23.3 Å². The third kappa shape index (κ3) is 2.34. The van der Waals surface area contributed by atoms with Crippen molar-refractivity contribution >= 4 is 11.8 Å². The molecule has 0 atom stereocenters. The molecule has 2 aliphatic rings. The van der Waals surface area contributed by atoms with E-state index >= 15 is 0 Å². The summed E-state index contributed by atoms with van der Waals surface area (Å²) < 4.78 is 14.9. The minimum atomic E-state index is -0.198. The van der Waals surface area contributed by atoms with E-state index < -0.39 is 0 Å². The van der Waals surface area contributed by atoms with Gasteiger partial charge in [0.25, 0.3) is 17.7 Å². The summed E-state index contributed by atoms with van der Waals surface area (Å²) in [4.78, 5) is 28.2. The van der Waals surface area contributed by atoms with Crippen LogP contribution in [0, 0.1) is 5.41 Å². The Morgan fingerprint density at radius 2 is 2.04 bits per heavy atom. The fraction of sp³-hybridized carbons (Fsp3) is 0.438. The number of furan rings is 1. The Bertz CT molecular complexity index is 761. The molecule has 2 fully saturated rings. The van der Waals surface area contributed by atoms with E-state index in [1.54, 1.807) is 11.0 Å². The highest BCUT2D eigenvalue weighted by Crippen LogP contribution is 2.40. The second-order valence-electron chi connectivity index (χ2n) is 6.38. The number of hydrogen-bond acceptors (Lipinski definition) is 6. The van der Waals surface area contributed by atoms with Gasteiger partial charge in [-0.3, -0.25) is 9.59 Å². The van der Waals surface area contributed by atoms with Gasteiger partial charge in [-0.2, -0.15) is 0 Å². The first-order valence-electron chi connectivity index (χ1n) is 7.72. The summed E-state index contributed by atoms with van der Waals surface area (Å²) in [5.74, 6) is 0.235. The third-order valence-corrected chi connectivity index (χ3v) is 4.74. The third-order valence-electron chi connectivity index (χ3n) is 4.74. The molecule has 2 aromatic heterocycles. The molecular formula is C16H17N3O5. The fourth-order valence-electron chi connectivity index (χ4n) is 3.45. The van der Waals surface area contributed by atoms with Gasteiger partial charge < -0.3 is 23.5 Å². The molecule has 0 bridgehead atoms. The van der Waals surface area contributed by atoms with Crippen molar-refractivity contribution in [3.05, 3.63) is 36.0 Å². The standard InChI is InChI=1S/C16H17N3O5/c1-22-13-6-12(24-17-13)15(21)19-9-16(10-19)3-4-18(8-16)14(20)11-2-5-23-7-11/h2,5-7H,3-4,8-10H2,1H3. The van der Waals surface area contributed by atoms with E-state index in [9.17, 15) is 9.59 Å². The number of carbonyl (C=O) groups excluding carboxylic acids is 2. The summed E-state index contributed by atoms with van der Waals surface area (Å²) in [7, 11) is 1.47. The average Bonchev–Trinajstić information content (AvgIpc) is 3.31. The average molecular weight is 331 g/mol. The van der Waals surface area contributed by atoms with E-state index in [-0.39, 0.29) is 28.9 Å². The molecule has 2 saturated heterocycles. The Balaban J connectivity index is 1.37. The van der Waals surface area contributed by atoms with Gasteiger partial charge in [-0.15, -0.1) is 0 Å². The van der Waals surface area contributed by atoms with Crippen LogP contribution in [0.4, 0.5) is 0 Å². The van der Waals surface area contributed by atoms with Crippen molar-refractivity contribution in [2.45, 2.75) is 6.42 Å². The predicted octanol–water partition coefficient (Wildman–Crippen LogP) is 1.26. The zero-order valence-electron chi connectivity index (χ0n) is 13.2. The van der Waals surface area contributed by atoms with E-state index in [1.807, 2.05) is 4.90 Å². The Morgan fingerprint density at radius 1 is 1.25 bits per heavy atom. The van der Waals surface area contributed by atoms with Crippen LogP contribution in [0.5, 0.6) is 5.88 Å². The summed E-state index contributed by atoms with van der Waals surface area (Å²) in [6.07, 6.45) is 3.84. The molecular weight excluding hydrogens is 314 g/mol. The van der Waals surface area contributed by atoms with Gasteiger partial charge in [-0.25, -0.2) is 0 Å². The van der Waals surface area contributed by atoms with E-state index in [0.717, 1.165) is 6.42 Å². The van der Waals surface area contributed by atoms with E-state index in [4.69, 9.17) is 13.7 Å². The maximum atomic E-state index is 12.4. The van der Waals surface area contributed by atoms with Crippen LogP contribution in [-0.4, -0.2) is 60.1 Å². The molecule has 8 heteroatoms. The topological polar surface area (TPSA) is 89.0 Å². The lowest BCUT2D eigenvalue weighted by atomic mass is 9.79. The zero-order chi connectivity index (χ0) is 16.7. The monoisotopic (exact) mass is 331 g/mol. The van der Waals surface area contributed by atoms with Gasteiger partial charge in [0.2, 0.25) is 5.76 Å². The van der Waals surface area contributed by atoms with Gasteiger partial charge in [0.1, 0.15) is 6.26 Å². The number of carbonyl (C=O) groups is 2. The molecule has 2 aliphatic heterocycles. The first-order valence-corrected chi connectivity index (χ1v) is 7.72. The second kappa shape index (κ2) is 5.40. The van der Waals surface area contributed by atoms with Gasteiger partial charge in [0.15, 0.2) is 0 Å². The molecule has 0 N–H and O–H groups in total. The lowest BCUT2D eigenvalue weighted by Gasteiger charge is -2.47. The van der Waals surface area contributed by atoms with E-state index in [0.29, 0.717) is 31.7 Å². The molecule has 0 radical (unpaired) electrons. The Labute approximate surface area is 137 Å². The van der Waals surface area contributed by atoms with Crippen LogP contribution in [-0.2, 0) is 0 Å². The van der Waals surface area contributed by atoms with Crippen LogP contribution in [0.3, 0.4) is 0 Å². The number of likely N-dealkylation sites (tertiary alicyclic amines) is 2. The molecule has 8 nitrogen and oxygen atoms in total. The lowest BCUT2D eigenvalue weighted by molar-refractivity contribution is 0.00808. The Kier molecular flexibility index (Phi) is 3.33. The fourth-order valence-corrected chi connectivity index (χ4v) is 3.45. The summed E-state index contributed by atoms with van der Waals surface area (Å²) in [5.41, 5.74) is 0.548. The van der Waals surface area contributed by atoms with Gasteiger partial charge in [0, 0.05) is 31.6 Å². The van der Waals surface area contributed by atoms with Crippen LogP contribution in [0.25, 0.3) is 0 Å². The first kappa shape index (κ1) is 14.8. The molecule has 0 aromatic carbocycles. The van der Waals surface area contributed by atoms with Gasteiger partial charge >= 0.3 is 0 Å². The van der Waals surface area contributed by atoms with Crippen LogP contribution < -0.4 is 4.74 Å². The molecule has 2 amide bonds. The van der Waals surface area contributed by atoms with Crippen LogP contribution in [0.2, 0.25) is 0 Å². The summed E-state index contributed by atoms with van der Waals surface area (Å²) >= 11 is 0. The highest BCUT2D eigenvalue weighted by molar-refractivity contribution is 5.94. The van der Waals surface area contributed by atoms with Crippen molar-refractivity contribution in [2.75, 3.05) is 33.3 Å². The summed E-state index contributed by atoms with van der Waals surface area (Å²) in [5, 5.41) is 3.64. The van der Waals surface area contributed by atoms with Crippen molar-refractivity contribution in [3.8, 4) is 5.88 Å². The number of aromatic nitrogens is 1. The Morgan fingerprint density at radius 3 is 2.71 bits per heavy atom. The maximum absolute atomic E-state index is 12.4. The lowest BCUT2D eigenvalue weighted by Crippen LogP contribution is -2.59. The van der Waals surface area contributed by atoms with Gasteiger partial charge in [-0.05, 0) is 17.6 Å². The second-order valence-corrected chi connectivity index (χ2v) is 6.38. The molecule has 0 aliphatic carbocycles. The molecule has 0 saturated carbocycles. The molecule has 1 spiro atoms. The number of hydrogen-bond donors (Lipinski definition) is 0. The largest absolute Gasteiger partial charge is 0.479 e. The normalized spacial score (nSPS) is 18.7. The van der Waals surface area contributed by atoms with Crippen LogP contribution in [0.15, 0.2) is 33.6 Å². The van der Waals surface area contributed by atoms with Crippen molar-refractivity contribution in [1.82, 2.24) is 15.0 Å². The van der Waals surface area contributed by atoms with E-state index in [1.165, 1.54) is 25.7 Å². The minimum Gasteiger partial charge on any atom is -0.479 e. The zero-order valence-corrected chi connectivity index (χ0v) is 13.2. The molecule has 0 unspecified atom stereocenters. The van der Waals surface area contributed by atoms with Gasteiger partial charge in [-0.1, -0.05) is 0 Å². The van der Waals surface area contributed by atoms with Crippen molar-refractivity contribution in [2.24, 2.45) is 5.41 Å². The summed E-state index contributed by atoms with van der Waals surface area (Å²) in [6, 6.07) is 3.15. The highest BCUT2D eigenvalue weighted by Gasteiger charge is 2.50. The number of rotatable bonds is 3. The number of methoxy groups -OCH3 is 1. The SMILES string of the molecule is COc1cc(C(=O)N2CC3(CCN(C(=O)c4ccoc4)C3)C2)on1. The molecule has 24 heavy (non-hydrogen) atoms. The summed E-state index contributed by atoms with van der Waals surface area (Å²) in [6.45, 7) is 2.58. The van der Waals surface area contributed by atoms with Crippen molar-refractivity contribution in [3.63, 3.8) is 0 Å². The van der Waals surface area contributed by atoms with Crippen LogP contribution >= 0.6 is 0 Å². The number of ether oxygens (including phenoxy) is 1. The number of nitrogens with zero attached hydrogens (tertiary/aromatic N) is 3. The Hall–Kier alpha value is -2.77. The van der Waals surface area contributed by atoms with Gasteiger partial charge in [0.05, 0.1) is 25.0 Å². The molecule has 2 aromatic rings. The van der Waals surface area contributed by atoms with Crippen molar-refractivity contribution in [1.29, 1.82) is 0 Å². The molecule has 4 rings (SSSR count). The quantitative estimate of drug-likeness (QED) is 0.841. The number of amides is 2. The predicted molar refractivity (Wildman–Crippen MR) is 80.6 cm³/mol. The minimum absolute atomic E-state index is 0.0147. The highest BCUT2D eigenvalue weighted by atomic mass is 16.5. The molecule has 126 valence electrons. The van der Waals surface area contributed by atoms with E-state index in [2.05, 4.69) is 5.16 Å². The first-order chi connectivity index (χ1) is 11.6. The van der Waals surface area contributed by atoms with Crippen LogP contribution in [0.1, 0.15) is 27.3 Å². The smallest absolute Gasteiger partial charge is 0.292 e.